The van der Waals surface area contributed by atoms with E-state index in [-0.39, 0.29) is 16.0 Å². The van der Waals surface area contributed by atoms with Gasteiger partial charge in [0.1, 0.15) is 22.2 Å². The van der Waals surface area contributed by atoms with Crippen molar-refractivity contribution >= 4 is 23.8 Å². The largest absolute Gasteiger partial charge is 0.497 e. The van der Waals surface area contributed by atoms with Crippen LogP contribution in [0.4, 0.5) is 0 Å². The third-order valence-electron chi connectivity index (χ3n) is 3.83. The Morgan fingerprint density at radius 1 is 0.966 bits per heavy atom. The summed E-state index contributed by atoms with van der Waals surface area (Å²) in [5.41, 5.74) is 1.30. The molecule has 3 aromatic rings. The molecule has 0 radical (unpaired) electrons. The Hall–Kier alpha value is -3.46. The molecule has 3 rings (SSSR count). The predicted octanol–water partition coefficient (Wildman–Crippen LogP) is 3.98. The first-order chi connectivity index (χ1) is 14.0. The quantitative estimate of drug-likeness (QED) is 0.433. The minimum atomic E-state index is -1.10. The van der Waals surface area contributed by atoms with Crippen molar-refractivity contribution in [2.75, 3.05) is 21.3 Å². The molecule has 0 spiro atoms. The number of rotatable bonds is 8. The van der Waals surface area contributed by atoms with E-state index in [1.165, 1.54) is 20.3 Å². The van der Waals surface area contributed by atoms with Crippen molar-refractivity contribution in [2.45, 2.75) is 5.22 Å². The Balaban J connectivity index is 1.85. The van der Waals surface area contributed by atoms with Gasteiger partial charge in [-0.15, -0.1) is 10.2 Å². The highest BCUT2D eigenvalue weighted by Gasteiger charge is 2.17. The normalized spacial score (nSPS) is 11.2. The number of methoxy groups -OCH3 is 3. The topological polar surface area (TPSA) is 104 Å². The minimum absolute atomic E-state index is 0.0357. The lowest BCUT2D eigenvalue weighted by Gasteiger charge is -2.05. The van der Waals surface area contributed by atoms with Gasteiger partial charge in [-0.05, 0) is 47.7 Å². The van der Waals surface area contributed by atoms with Gasteiger partial charge in [-0.1, -0.05) is 12.1 Å². The van der Waals surface area contributed by atoms with Crippen LogP contribution in [0.2, 0.25) is 0 Å². The van der Waals surface area contributed by atoms with Gasteiger partial charge in [0.2, 0.25) is 5.89 Å². The number of ether oxygens (including phenoxy) is 3. The monoisotopic (exact) mass is 414 g/mol. The van der Waals surface area contributed by atoms with Crippen LogP contribution in [-0.2, 0) is 4.79 Å². The summed E-state index contributed by atoms with van der Waals surface area (Å²) in [6.45, 7) is 0. The molecule has 9 heteroatoms. The summed E-state index contributed by atoms with van der Waals surface area (Å²) in [5, 5.41) is 17.6. The van der Waals surface area contributed by atoms with Crippen molar-refractivity contribution < 1.29 is 28.5 Å². The molecule has 2 aromatic carbocycles. The third-order valence-corrected chi connectivity index (χ3v) is 4.68. The van der Waals surface area contributed by atoms with E-state index in [1.807, 2.05) is 0 Å². The zero-order chi connectivity index (χ0) is 20.8. The molecular weight excluding hydrogens is 396 g/mol. The van der Waals surface area contributed by atoms with Crippen molar-refractivity contribution in [3.05, 3.63) is 52.9 Å². The Bertz CT molecular complexity index is 1010. The highest BCUT2D eigenvalue weighted by molar-refractivity contribution is 8.03. The van der Waals surface area contributed by atoms with Gasteiger partial charge >= 0.3 is 5.97 Å². The van der Waals surface area contributed by atoms with Crippen LogP contribution in [0.1, 0.15) is 5.56 Å². The lowest BCUT2D eigenvalue weighted by atomic mass is 10.2. The van der Waals surface area contributed by atoms with E-state index in [0.717, 1.165) is 11.8 Å². The molecule has 0 atom stereocenters. The molecule has 0 bridgehead atoms. The van der Waals surface area contributed by atoms with Crippen LogP contribution < -0.4 is 14.2 Å². The Morgan fingerprint density at radius 3 is 2.14 bits per heavy atom. The van der Waals surface area contributed by atoms with Crippen LogP contribution in [0.25, 0.3) is 17.5 Å². The zero-order valence-corrected chi connectivity index (χ0v) is 16.7. The van der Waals surface area contributed by atoms with Crippen LogP contribution in [0, 0.1) is 0 Å². The van der Waals surface area contributed by atoms with Gasteiger partial charge in [0.05, 0.1) is 21.3 Å². The Kier molecular flexibility index (Phi) is 6.40. The van der Waals surface area contributed by atoms with Crippen molar-refractivity contribution in [1.82, 2.24) is 10.2 Å². The molecule has 0 amide bonds. The van der Waals surface area contributed by atoms with E-state index >= 15 is 0 Å². The summed E-state index contributed by atoms with van der Waals surface area (Å²) < 4.78 is 21.2. The molecule has 1 N–H and O–H groups in total. The number of thioether (sulfide) groups is 1. The van der Waals surface area contributed by atoms with Gasteiger partial charge in [0.15, 0.2) is 0 Å². The van der Waals surface area contributed by atoms with Crippen molar-refractivity contribution in [1.29, 1.82) is 0 Å². The molecule has 0 unspecified atom stereocenters. The molecular formula is C20H18N2O6S. The zero-order valence-electron chi connectivity index (χ0n) is 15.9. The van der Waals surface area contributed by atoms with E-state index < -0.39 is 5.97 Å². The predicted molar refractivity (Wildman–Crippen MR) is 107 cm³/mol. The molecule has 1 heterocycles. The second kappa shape index (κ2) is 9.16. The van der Waals surface area contributed by atoms with E-state index in [9.17, 15) is 9.90 Å². The number of nitrogens with zero attached hydrogens (tertiary/aromatic N) is 2. The number of carboxylic acids is 1. The van der Waals surface area contributed by atoms with Gasteiger partial charge in [-0.3, -0.25) is 0 Å². The Labute approximate surface area is 171 Å². The highest BCUT2D eigenvalue weighted by atomic mass is 32.2. The molecule has 1 aromatic heterocycles. The van der Waals surface area contributed by atoms with E-state index in [1.54, 1.807) is 49.6 Å². The number of hydrogen-bond acceptors (Lipinski definition) is 8. The van der Waals surface area contributed by atoms with Crippen molar-refractivity contribution in [3.63, 3.8) is 0 Å². The summed E-state index contributed by atoms with van der Waals surface area (Å²) in [6.07, 6.45) is 1.52. The van der Waals surface area contributed by atoms with Crippen LogP contribution in [0.3, 0.4) is 0 Å². The maximum absolute atomic E-state index is 11.6. The van der Waals surface area contributed by atoms with Gasteiger partial charge in [0, 0.05) is 11.6 Å². The third kappa shape index (κ3) is 5.08. The van der Waals surface area contributed by atoms with E-state index in [2.05, 4.69) is 10.2 Å². The van der Waals surface area contributed by atoms with Crippen LogP contribution in [0.5, 0.6) is 17.2 Å². The maximum atomic E-state index is 11.6. The number of hydrogen-bond donors (Lipinski definition) is 1. The standard InChI is InChI=1S/C20H18N2O6S/c1-25-14-6-4-12(5-7-14)8-17(19(23)24)29-20-22-21-18(28-20)13-9-15(26-2)11-16(10-13)27-3/h4-11H,1-3H3,(H,23,24)/b17-8+. The maximum Gasteiger partial charge on any atom is 0.342 e. The first-order valence-corrected chi connectivity index (χ1v) is 9.18. The number of aromatic nitrogens is 2. The fourth-order valence-electron chi connectivity index (χ4n) is 2.38. The molecule has 0 saturated carbocycles. The van der Waals surface area contributed by atoms with Crippen molar-refractivity contribution in [2.24, 2.45) is 0 Å². The average Bonchev–Trinajstić information content (AvgIpc) is 3.22. The van der Waals surface area contributed by atoms with Gasteiger partial charge in [-0.2, -0.15) is 0 Å². The van der Waals surface area contributed by atoms with E-state index in [4.69, 9.17) is 18.6 Å². The van der Waals surface area contributed by atoms with Crippen LogP contribution in [0.15, 0.2) is 57.0 Å². The van der Waals surface area contributed by atoms with Gasteiger partial charge < -0.3 is 23.7 Å². The summed E-state index contributed by atoms with van der Waals surface area (Å²) in [7, 11) is 4.64. The van der Waals surface area contributed by atoms with Gasteiger partial charge in [0.25, 0.3) is 5.22 Å². The minimum Gasteiger partial charge on any atom is -0.497 e. The second-order valence-electron chi connectivity index (χ2n) is 5.66. The van der Waals surface area contributed by atoms with Gasteiger partial charge in [-0.25, -0.2) is 4.79 Å². The number of carbonyl (C=O) groups is 1. The summed E-state index contributed by atoms with van der Waals surface area (Å²) >= 11 is 0.865. The molecule has 150 valence electrons. The highest BCUT2D eigenvalue weighted by Crippen LogP contribution is 2.33. The molecule has 0 saturated heterocycles. The molecule has 29 heavy (non-hydrogen) atoms. The second-order valence-corrected chi connectivity index (χ2v) is 6.66. The van der Waals surface area contributed by atoms with Crippen LogP contribution >= 0.6 is 11.8 Å². The molecule has 0 aliphatic carbocycles. The molecule has 0 fully saturated rings. The molecule has 0 aliphatic heterocycles. The fraction of sp³-hybridized carbons (Fsp3) is 0.150. The smallest absolute Gasteiger partial charge is 0.342 e. The molecule has 8 nitrogen and oxygen atoms in total. The summed E-state index contributed by atoms with van der Waals surface area (Å²) in [5.74, 6) is 0.934. The number of benzene rings is 2. The summed E-state index contributed by atoms with van der Waals surface area (Å²) in [4.78, 5) is 11.7. The molecule has 0 aliphatic rings. The summed E-state index contributed by atoms with van der Waals surface area (Å²) in [6, 6.07) is 12.2. The van der Waals surface area contributed by atoms with E-state index in [0.29, 0.717) is 28.4 Å². The fourth-order valence-corrected chi connectivity index (χ4v) is 3.05. The first kappa shape index (κ1) is 20.3. The number of carboxylic acid groups (broad SMARTS) is 1. The number of aliphatic carboxylic acids is 1. The lowest BCUT2D eigenvalue weighted by molar-refractivity contribution is -0.131. The SMILES string of the molecule is COc1ccc(/C=C(/Sc2nnc(-c3cc(OC)cc(OC)c3)o2)C(=O)O)cc1. The average molecular weight is 414 g/mol. The Morgan fingerprint density at radius 2 is 1.59 bits per heavy atom. The lowest BCUT2D eigenvalue weighted by Crippen LogP contribution is -1.96. The van der Waals surface area contributed by atoms with Crippen molar-refractivity contribution in [3.8, 4) is 28.7 Å². The first-order valence-electron chi connectivity index (χ1n) is 8.36. The van der Waals surface area contributed by atoms with Crippen LogP contribution in [-0.4, -0.2) is 42.6 Å².